The second-order valence-corrected chi connectivity index (χ2v) is 5.00. The van der Waals surface area contributed by atoms with Crippen LogP contribution in [-0.2, 0) is 0 Å². The van der Waals surface area contributed by atoms with Gasteiger partial charge in [0.1, 0.15) is 11.0 Å². The molecule has 5 heteroatoms. The summed E-state index contributed by atoms with van der Waals surface area (Å²) in [5.41, 5.74) is 0.541. The van der Waals surface area contributed by atoms with E-state index in [2.05, 4.69) is 22.5 Å². The van der Waals surface area contributed by atoms with E-state index in [-0.39, 0.29) is 11.9 Å². The average molecular weight is 284 g/mol. The third-order valence-electron chi connectivity index (χ3n) is 2.78. The number of halogens is 1. The maximum absolute atomic E-state index is 12.1. The van der Waals surface area contributed by atoms with E-state index in [9.17, 15) is 4.79 Å². The number of pyridine rings is 1. The van der Waals surface area contributed by atoms with Crippen LogP contribution in [0.4, 0.5) is 5.82 Å². The van der Waals surface area contributed by atoms with Crippen molar-refractivity contribution in [2.24, 2.45) is 0 Å². The first-order valence-electron chi connectivity index (χ1n) is 6.79. The van der Waals surface area contributed by atoms with Gasteiger partial charge in [-0.3, -0.25) is 4.79 Å². The first kappa shape index (κ1) is 15.8. The molecule has 1 unspecified atom stereocenters. The fourth-order valence-electron chi connectivity index (χ4n) is 1.79. The van der Waals surface area contributed by atoms with E-state index in [1.54, 1.807) is 12.1 Å². The van der Waals surface area contributed by atoms with E-state index < -0.39 is 0 Å². The van der Waals surface area contributed by atoms with Gasteiger partial charge in [0.15, 0.2) is 0 Å². The molecular formula is C14H22ClN3O. The van der Waals surface area contributed by atoms with Gasteiger partial charge < -0.3 is 10.6 Å². The molecule has 4 nitrogen and oxygen atoms in total. The molecule has 1 rings (SSSR count). The monoisotopic (exact) mass is 283 g/mol. The third-order valence-corrected chi connectivity index (χ3v) is 2.98. The number of nitrogens with one attached hydrogen (secondary N) is 2. The molecule has 1 aromatic heterocycles. The molecule has 0 aliphatic carbocycles. The minimum atomic E-state index is -0.105. The molecule has 0 bridgehead atoms. The van der Waals surface area contributed by atoms with Crippen molar-refractivity contribution in [2.75, 3.05) is 11.9 Å². The number of unbranched alkanes of at least 4 members (excludes halogenated alkanes) is 1. The zero-order valence-corrected chi connectivity index (χ0v) is 12.5. The molecule has 1 amide bonds. The highest BCUT2D eigenvalue weighted by atomic mass is 35.5. The molecule has 0 spiro atoms. The summed E-state index contributed by atoms with van der Waals surface area (Å²) in [5.74, 6) is 0.522. The van der Waals surface area contributed by atoms with E-state index in [0.29, 0.717) is 16.5 Å². The smallest absolute Gasteiger partial charge is 0.251 e. The molecule has 2 N–H and O–H groups in total. The number of nitrogens with zero attached hydrogens (tertiary/aromatic N) is 1. The van der Waals surface area contributed by atoms with Crippen molar-refractivity contribution in [1.29, 1.82) is 0 Å². The summed E-state index contributed by atoms with van der Waals surface area (Å²) in [7, 11) is 0. The number of anilines is 1. The van der Waals surface area contributed by atoms with Crippen molar-refractivity contribution < 1.29 is 4.79 Å². The lowest BCUT2D eigenvalue weighted by Crippen LogP contribution is -2.32. The first-order chi connectivity index (χ1) is 9.06. The number of carbonyl (C=O) groups is 1. The Labute approximate surface area is 120 Å². The fraction of sp³-hybridized carbons (Fsp3) is 0.571. The van der Waals surface area contributed by atoms with Gasteiger partial charge in [0, 0.05) is 18.2 Å². The summed E-state index contributed by atoms with van der Waals surface area (Å²) in [6, 6.07) is 3.48. The molecule has 0 aliphatic rings. The fourth-order valence-corrected chi connectivity index (χ4v) is 2.00. The molecule has 106 valence electrons. The van der Waals surface area contributed by atoms with Crippen molar-refractivity contribution in [1.82, 2.24) is 10.3 Å². The molecule has 1 heterocycles. The maximum Gasteiger partial charge on any atom is 0.251 e. The van der Waals surface area contributed by atoms with Gasteiger partial charge in [0.25, 0.3) is 5.91 Å². The number of rotatable bonds is 7. The SMILES string of the molecule is CCCCC(C)NC(=O)c1cc(Cl)nc(NCC)c1. The third kappa shape index (κ3) is 5.47. The number of hydrogen-bond donors (Lipinski definition) is 2. The van der Waals surface area contributed by atoms with Crippen LogP contribution in [0.5, 0.6) is 0 Å². The highest BCUT2D eigenvalue weighted by Gasteiger charge is 2.11. The Hall–Kier alpha value is -1.29. The van der Waals surface area contributed by atoms with Crippen LogP contribution in [0, 0.1) is 0 Å². The molecule has 0 fully saturated rings. The van der Waals surface area contributed by atoms with E-state index in [4.69, 9.17) is 11.6 Å². The van der Waals surface area contributed by atoms with Crippen LogP contribution in [0.3, 0.4) is 0 Å². The van der Waals surface area contributed by atoms with Crippen LogP contribution in [0.1, 0.15) is 50.4 Å². The van der Waals surface area contributed by atoms with Gasteiger partial charge >= 0.3 is 0 Å². The Kier molecular flexibility index (Phi) is 6.64. The summed E-state index contributed by atoms with van der Waals surface area (Å²) >= 11 is 5.92. The molecular weight excluding hydrogens is 262 g/mol. The molecule has 0 saturated carbocycles. The zero-order valence-electron chi connectivity index (χ0n) is 11.8. The minimum absolute atomic E-state index is 0.105. The van der Waals surface area contributed by atoms with Crippen LogP contribution in [-0.4, -0.2) is 23.5 Å². The molecule has 0 aromatic carbocycles. The van der Waals surface area contributed by atoms with Crippen molar-refractivity contribution in [3.05, 3.63) is 22.8 Å². The molecule has 0 radical (unpaired) electrons. The standard InChI is InChI=1S/C14H22ClN3O/c1-4-6-7-10(3)17-14(19)11-8-12(15)18-13(9-11)16-5-2/h8-10H,4-7H2,1-3H3,(H,16,18)(H,17,19). The normalized spacial score (nSPS) is 12.0. The van der Waals surface area contributed by atoms with Gasteiger partial charge in [-0.15, -0.1) is 0 Å². The lowest BCUT2D eigenvalue weighted by Gasteiger charge is -2.14. The lowest BCUT2D eigenvalue weighted by molar-refractivity contribution is 0.0938. The molecule has 1 aromatic rings. The Balaban J connectivity index is 2.70. The van der Waals surface area contributed by atoms with E-state index >= 15 is 0 Å². The van der Waals surface area contributed by atoms with Gasteiger partial charge in [0.05, 0.1) is 0 Å². The quantitative estimate of drug-likeness (QED) is 0.753. The second kappa shape index (κ2) is 8.00. The van der Waals surface area contributed by atoms with E-state index in [1.165, 1.54) is 0 Å². The predicted octanol–water partition coefficient (Wildman–Crippen LogP) is 3.48. The first-order valence-corrected chi connectivity index (χ1v) is 7.17. The largest absolute Gasteiger partial charge is 0.370 e. The topological polar surface area (TPSA) is 54.0 Å². The minimum Gasteiger partial charge on any atom is -0.370 e. The van der Waals surface area contributed by atoms with Crippen LogP contribution >= 0.6 is 11.6 Å². The summed E-state index contributed by atoms with van der Waals surface area (Å²) in [6.45, 7) is 6.86. The van der Waals surface area contributed by atoms with Gasteiger partial charge in [-0.1, -0.05) is 31.4 Å². The van der Waals surface area contributed by atoms with Crippen LogP contribution < -0.4 is 10.6 Å². The zero-order chi connectivity index (χ0) is 14.3. The van der Waals surface area contributed by atoms with E-state index in [0.717, 1.165) is 25.8 Å². The van der Waals surface area contributed by atoms with Crippen LogP contribution in [0.15, 0.2) is 12.1 Å². The maximum atomic E-state index is 12.1. The summed E-state index contributed by atoms with van der Waals surface area (Å²) in [4.78, 5) is 16.2. The van der Waals surface area contributed by atoms with Crippen molar-refractivity contribution in [2.45, 2.75) is 46.1 Å². The molecule has 0 saturated heterocycles. The van der Waals surface area contributed by atoms with Crippen molar-refractivity contribution >= 4 is 23.3 Å². The molecule has 1 atom stereocenters. The number of hydrogen-bond acceptors (Lipinski definition) is 3. The van der Waals surface area contributed by atoms with Crippen molar-refractivity contribution in [3.63, 3.8) is 0 Å². The highest BCUT2D eigenvalue weighted by Crippen LogP contribution is 2.15. The van der Waals surface area contributed by atoms with Gasteiger partial charge in [-0.25, -0.2) is 4.98 Å². The van der Waals surface area contributed by atoms with E-state index in [1.807, 2.05) is 13.8 Å². The Morgan fingerprint density at radius 2 is 2.16 bits per heavy atom. The van der Waals surface area contributed by atoms with Gasteiger partial charge in [0.2, 0.25) is 0 Å². The second-order valence-electron chi connectivity index (χ2n) is 4.61. The highest BCUT2D eigenvalue weighted by molar-refractivity contribution is 6.29. The summed E-state index contributed by atoms with van der Waals surface area (Å²) in [6.07, 6.45) is 3.23. The summed E-state index contributed by atoms with van der Waals surface area (Å²) in [5, 5.41) is 6.35. The van der Waals surface area contributed by atoms with Gasteiger partial charge in [-0.2, -0.15) is 0 Å². The van der Waals surface area contributed by atoms with Crippen LogP contribution in [0.2, 0.25) is 5.15 Å². The number of amides is 1. The Bertz CT molecular complexity index is 423. The Morgan fingerprint density at radius 3 is 2.79 bits per heavy atom. The average Bonchev–Trinajstić information content (AvgIpc) is 2.36. The van der Waals surface area contributed by atoms with Gasteiger partial charge in [-0.05, 0) is 32.4 Å². The Morgan fingerprint density at radius 1 is 1.42 bits per heavy atom. The predicted molar refractivity (Wildman–Crippen MR) is 79.9 cm³/mol. The number of carbonyl (C=O) groups excluding carboxylic acids is 1. The lowest BCUT2D eigenvalue weighted by atomic mass is 10.1. The molecule has 0 aliphatic heterocycles. The van der Waals surface area contributed by atoms with Crippen molar-refractivity contribution in [3.8, 4) is 0 Å². The summed E-state index contributed by atoms with van der Waals surface area (Å²) < 4.78 is 0. The van der Waals surface area contributed by atoms with Crippen LogP contribution in [0.25, 0.3) is 0 Å². The number of aromatic nitrogens is 1. The molecule has 19 heavy (non-hydrogen) atoms.